The number of rotatable bonds is 3. The fraction of sp³-hybridized carbons (Fsp3) is 0.938. The quantitative estimate of drug-likeness (QED) is 0.736. The van der Waals surface area contributed by atoms with Crippen molar-refractivity contribution in [3.63, 3.8) is 0 Å². The minimum atomic E-state index is -0.229. The zero-order valence-electron chi connectivity index (χ0n) is 12.8. The van der Waals surface area contributed by atoms with Gasteiger partial charge in [-0.05, 0) is 50.1 Å². The Morgan fingerprint density at radius 1 is 1.32 bits per heavy atom. The highest BCUT2D eigenvalue weighted by atomic mass is 16.5. The first kappa shape index (κ1) is 15.0. The Labute approximate surface area is 117 Å². The van der Waals surface area contributed by atoms with Gasteiger partial charge in [0, 0.05) is 13.2 Å². The summed E-state index contributed by atoms with van der Waals surface area (Å²) in [6.07, 6.45) is 5.70. The second kappa shape index (κ2) is 5.92. The molecule has 2 aliphatic heterocycles. The first-order valence-corrected chi connectivity index (χ1v) is 7.72. The van der Waals surface area contributed by atoms with Gasteiger partial charge in [-0.2, -0.15) is 0 Å². The van der Waals surface area contributed by atoms with Gasteiger partial charge >= 0.3 is 0 Å². The van der Waals surface area contributed by atoms with E-state index in [1.807, 2.05) is 0 Å². The molecule has 2 rings (SSSR count). The van der Waals surface area contributed by atoms with E-state index in [1.54, 1.807) is 0 Å². The minimum Gasteiger partial charge on any atom is -0.380 e. The van der Waals surface area contributed by atoms with Crippen molar-refractivity contribution in [2.75, 3.05) is 32.8 Å². The third-order valence-corrected chi connectivity index (χ3v) is 4.95. The van der Waals surface area contributed by atoms with E-state index < -0.39 is 0 Å². The van der Waals surface area contributed by atoms with Crippen molar-refractivity contribution in [1.82, 2.24) is 4.90 Å². The SMILES string of the molecule is CC(C)(C)C1CCN(CC2(C=O)CCCOC2)CC1. The van der Waals surface area contributed by atoms with Gasteiger partial charge in [0.2, 0.25) is 0 Å². The van der Waals surface area contributed by atoms with Crippen LogP contribution in [0.5, 0.6) is 0 Å². The topological polar surface area (TPSA) is 29.5 Å². The largest absolute Gasteiger partial charge is 0.380 e. The molecule has 1 unspecified atom stereocenters. The highest BCUT2D eigenvalue weighted by Gasteiger charge is 2.36. The molecule has 0 aromatic rings. The summed E-state index contributed by atoms with van der Waals surface area (Å²) in [5.74, 6) is 0.818. The van der Waals surface area contributed by atoms with Gasteiger partial charge in [0.05, 0.1) is 12.0 Å². The summed E-state index contributed by atoms with van der Waals surface area (Å²) in [6.45, 7) is 11.6. The van der Waals surface area contributed by atoms with Crippen LogP contribution in [0.4, 0.5) is 0 Å². The maximum absolute atomic E-state index is 11.5. The first-order valence-electron chi connectivity index (χ1n) is 7.72. The Kier molecular flexibility index (Phi) is 4.67. The lowest BCUT2D eigenvalue weighted by molar-refractivity contribution is -0.126. The summed E-state index contributed by atoms with van der Waals surface area (Å²) in [7, 11) is 0. The lowest BCUT2D eigenvalue weighted by Crippen LogP contribution is -2.47. The molecule has 2 saturated heterocycles. The van der Waals surface area contributed by atoms with Gasteiger partial charge in [0.25, 0.3) is 0 Å². The van der Waals surface area contributed by atoms with Crippen molar-refractivity contribution in [3.8, 4) is 0 Å². The van der Waals surface area contributed by atoms with Crippen molar-refractivity contribution in [3.05, 3.63) is 0 Å². The lowest BCUT2D eigenvalue weighted by atomic mass is 9.74. The van der Waals surface area contributed by atoms with Crippen LogP contribution < -0.4 is 0 Å². The molecule has 2 fully saturated rings. The van der Waals surface area contributed by atoms with Crippen molar-refractivity contribution >= 4 is 6.29 Å². The third-order valence-electron chi connectivity index (χ3n) is 4.95. The van der Waals surface area contributed by atoms with E-state index in [-0.39, 0.29) is 5.41 Å². The smallest absolute Gasteiger partial charge is 0.129 e. The van der Waals surface area contributed by atoms with Crippen LogP contribution in [0.15, 0.2) is 0 Å². The number of carbonyl (C=O) groups excluding carboxylic acids is 1. The zero-order valence-corrected chi connectivity index (χ0v) is 12.8. The number of nitrogens with zero attached hydrogens (tertiary/aromatic N) is 1. The second-order valence-electron chi connectivity index (χ2n) is 7.55. The van der Waals surface area contributed by atoms with E-state index in [2.05, 4.69) is 25.7 Å². The average Bonchev–Trinajstić information content (AvgIpc) is 2.39. The van der Waals surface area contributed by atoms with E-state index in [0.29, 0.717) is 12.0 Å². The summed E-state index contributed by atoms with van der Waals surface area (Å²) < 4.78 is 5.54. The van der Waals surface area contributed by atoms with Gasteiger partial charge in [0.15, 0.2) is 0 Å². The molecule has 0 aliphatic carbocycles. The molecule has 2 aliphatic rings. The number of likely N-dealkylation sites (tertiary alicyclic amines) is 1. The van der Waals surface area contributed by atoms with Crippen LogP contribution in [0.3, 0.4) is 0 Å². The lowest BCUT2D eigenvalue weighted by Gasteiger charge is -2.42. The molecule has 3 nitrogen and oxygen atoms in total. The Morgan fingerprint density at radius 3 is 2.47 bits per heavy atom. The monoisotopic (exact) mass is 267 g/mol. The Hall–Kier alpha value is -0.410. The minimum absolute atomic E-state index is 0.229. The molecule has 0 N–H and O–H groups in total. The molecule has 0 aromatic carbocycles. The molecule has 0 aromatic heterocycles. The maximum Gasteiger partial charge on any atom is 0.129 e. The van der Waals surface area contributed by atoms with Crippen molar-refractivity contribution in [2.24, 2.45) is 16.7 Å². The Bertz CT molecular complexity index is 294. The van der Waals surface area contributed by atoms with Crippen LogP contribution in [-0.4, -0.2) is 44.0 Å². The number of carbonyl (C=O) groups is 1. The summed E-state index contributed by atoms with van der Waals surface area (Å²) in [4.78, 5) is 13.9. The summed E-state index contributed by atoms with van der Waals surface area (Å²) in [6, 6.07) is 0. The number of ether oxygens (including phenoxy) is 1. The van der Waals surface area contributed by atoms with Crippen LogP contribution in [0.1, 0.15) is 46.5 Å². The molecule has 110 valence electrons. The van der Waals surface area contributed by atoms with Gasteiger partial charge < -0.3 is 14.4 Å². The molecule has 0 radical (unpaired) electrons. The molecule has 0 spiro atoms. The van der Waals surface area contributed by atoms with Gasteiger partial charge in [0.1, 0.15) is 6.29 Å². The van der Waals surface area contributed by atoms with E-state index in [0.717, 1.165) is 51.3 Å². The molecule has 3 heteroatoms. The molecule has 0 bridgehead atoms. The van der Waals surface area contributed by atoms with Gasteiger partial charge in [-0.3, -0.25) is 0 Å². The Balaban J connectivity index is 1.86. The van der Waals surface area contributed by atoms with Crippen molar-refractivity contribution in [2.45, 2.75) is 46.5 Å². The fourth-order valence-electron chi connectivity index (χ4n) is 3.53. The van der Waals surface area contributed by atoms with Crippen LogP contribution in [0.25, 0.3) is 0 Å². The van der Waals surface area contributed by atoms with Crippen LogP contribution in [0, 0.1) is 16.7 Å². The average molecular weight is 267 g/mol. The molecule has 19 heavy (non-hydrogen) atoms. The number of hydrogen-bond donors (Lipinski definition) is 0. The fourth-order valence-corrected chi connectivity index (χ4v) is 3.53. The molecule has 2 heterocycles. The van der Waals surface area contributed by atoms with Crippen molar-refractivity contribution < 1.29 is 9.53 Å². The van der Waals surface area contributed by atoms with E-state index >= 15 is 0 Å². The number of piperidine rings is 1. The highest BCUT2D eigenvalue weighted by Crippen LogP contribution is 2.35. The first-order chi connectivity index (χ1) is 8.95. The third kappa shape index (κ3) is 3.79. The Morgan fingerprint density at radius 2 is 2.00 bits per heavy atom. The predicted molar refractivity (Wildman–Crippen MR) is 77.2 cm³/mol. The van der Waals surface area contributed by atoms with Crippen LogP contribution in [0.2, 0.25) is 0 Å². The van der Waals surface area contributed by atoms with Crippen LogP contribution in [-0.2, 0) is 9.53 Å². The summed E-state index contributed by atoms with van der Waals surface area (Å²) >= 11 is 0. The van der Waals surface area contributed by atoms with E-state index in [1.165, 1.54) is 12.8 Å². The van der Waals surface area contributed by atoms with Gasteiger partial charge in [-0.1, -0.05) is 20.8 Å². The second-order valence-corrected chi connectivity index (χ2v) is 7.55. The van der Waals surface area contributed by atoms with E-state index in [9.17, 15) is 4.79 Å². The molecule has 1 atom stereocenters. The number of aldehydes is 1. The van der Waals surface area contributed by atoms with E-state index in [4.69, 9.17) is 4.74 Å². The molecule has 0 amide bonds. The predicted octanol–water partition coefficient (Wildman–Crippen LogP) is 2.74. The number of hydrogen-bond acceptors (Lipinski definition) is 3. The molecule has 0 saturated carbocycles. The van der Waals surface area contributed by atoms with Crippen molar-refractivity contribution in [1.29, 1.82) is 0 Å². The normalized spacial score (nSPS) is 31.3. The maximum atomic E-state index is 11.5. The summed E-state index contributed by atoms with van der Waals surface area (Å²) in [5, 5.41) is 0. The molecular formula is C16H29NO2. The zero-order chi connectivity index (χ0) is 13.9. The van der Waals surface area contributed by atoms with Gasteiger partial charge in [-0.25, -0.2) is 0 Å². The van der Waals surface area contributed by atoms with Crippen LogP contribution >= 0.6 is 0 Å². The van der Waals surface area contributed by atoms with Gasteiger partial charge in [-0.15, -0.1) is 0 Å². The highest BCUT2D eigenvalue weighted by molar-refractivity contribution is 5.60. The standard InChI is InChI=1S/C16H29NO2/c1-15(2,3)14-5-8-17(9-6-14)11-16(12-18)7-4-10-19-13-16/h12,14H,4-11,13H2,1-3H3. The molecular weight excluding hydrogens is 238 g/mol. The summed E-state index contributed by atoms with van der Waals surface area (Å²) in [5.41, 5.74) is 0.190.